The summed E-state index contributed by atoms with van der Waals surface area (Å²) in [6, 6.07) is 0.527. The van der Waals surface area contributed by atoms with Crippen molar-refractivity contribution in [1.82, 2.24) is 4.98 Å². The molecule has 0 aliphatic carbocycles. The minimum absolute atomic E-state index is 0.0198. The van der Waals surface area contributed by atoms with Gasteiger partial charge in [0.05, 0.1) is 12.1 Å². The van der Waals surface area contributed by atoms with Crippen LogP contribution < -0.4 is 4.90 Å². The van der Waals surface area contributed by atoms with Gasteiger partial charge in [-0.3, -0.25) is 4.79 Å². The Labute approximate surface area is 100 Å². The number of rotatable bonds is 3. The molecule has 0 aromatic carbocycles. The summed E-state index contributed by atoms with van der Waals surface area (Å²) in [4.78, 5) is 17.5. The van der Waals surface area contributed by atoms with E-state index in [4.69, 9.17) is 4.42 Å². The van der Waals surface area contributed by atoms with E-state index in [-0.39, 0.29) is 12.0 Å². The van der Waals surface area contributed by atoms with Crippen LogP contribution in [0.5, 0.6) is 0 Å². The second kappa shape index (κ2) is 5.21. The Hall–Kier alpha value is -1.52. The molecule has 1 fully saturated rings. The number of nitrogens with zero attached hydrogens (tertiary/aromatic N) is 2. The maximum absolute atomic E-state index is 11.3. The summed E-state index contributed by atoms with van der Waals surface area (Å²) < 4.78 is 5.31. The highest BCUT2D eigenvalue weighted by Gasteiger charge is 2.34. The normalized spacial score (nSPS) is 25.6. The average Bonchev–Trinajstić information content (AvgIpc) is 2.74. The van der Waals surface area contributed by atoms with Crippen molar-refractivity contribution in [3.05, 3.63) is 12.5 Å². The van der Waals surface area contributed by atoms with Gasteiger partial charge in [0, 0.05) is 12.6 Å². The van der Waals surface area contributed by atoms with Gasteiger partial charge in [0.2, 0.25) is 0 Å². The van der Waals surface area contributed by atoms with E-state index in [9.17, 15) is 9.90 Å². The highest BCUT2D eigenvalue weighted by molar-refractivity contribution is 5.71. The van der Waals surface area contributed by atoms with Gasteiger partial charge in [-0.2, -0.15) is 0 Å². The summed E-state index contributed by atoms with van der Waals surface area (Å²) in [5.41, 5.74) is 0. The van der Waals surface area contributed by atoms with E-state index in [1.165, 1.54) is 6.26 Å². The summed E-state index contributed by atoms with van der Waals surface area (Å²) in [6.45, 7) is 2.84. The van der Waals surface area contributed by atoms with Crippen LogP contribution in [0.15, 0.2) is 16.9 Å². The number of hydrogen-bond acceptors (Lipinski definition) is 4. The van der Waals surface area contributed by atoms with Crippen LogP contribution in [0.4, 0.5) is 6.01 Å². The van der Waals surface area contributed by atoms with Crippen molar-refractivity contribution in [2.24, 2.45) is 5.92 Å². The molecule has 5 nitrogen and oxygen atoms in total. The molecule has 1 aliphatic rings. The third kappa shape index (κ3) is 2.43. The van der Waals surface area contributed by atoms with Crippen LogP contribution in [-0.4, -0.2) is 28.6 Å². The molecule has 5 heteroatoms. The summed E-state index contributed by atoms with van der Waals surface area (Å²) in [5.74, 6) is -1.04. The zero-order valence-corrected chi connectivity index (χ0v) is 10.0. The van der Waals surface area contributed by atoms with Crippen LogP contribution in [0.3, 0.4) is 0 Å². The second-order valence-electron chi connectivity index (χ2n) is 4.42. The Morgan fingerprint density at radius 2 is 2.47 bits per heavy atom. The zero-order valence-electron chi connectivity index (χ0n) is 10.0. The van der Waals surface area contributed by atoms with Crippen LogP contribution in [0.2, 0.25) is 0 Å². The minimum atomic E-state index is -0.713. The highest BCUT2D eigenvalue weighted by Crippen LogP contribution is 2.29. The number of carboxylic acid groups (broad SMARTS) is 1. The molecule has 1 aromatic rings. The van der Waals surface area contributed by atoms with Crippen LogP contribution in [0.1, 0.15) is 32.6 Å². The second-order valence-corrected chi connectivity index (χ2v) is 4.42. The van der Waals surface area contributed by atoms with Crippen LogP contribution >= 0.6 is 0 Å². The molecule has 0 unspecified atom stereocenters. The van der Waals surface area contributed by atoms with E-state index >= 15 is 0 Å². The van der Waals surface area contributed by atoms with Gasteiger partial charge < -0.3 is 14.4 Å². The molecule has 94 valence electrons. The van der Waals surface area contributed by atoms with Crippen molar-refractivity contribution in [1.29, 1.82) is 0 Å². The topological polar surface area (TPSA) is 66.6 Å². The van der Waals surface area contributed by atoms with Gasteiger partial charge in [0.1, 0.15) is 6.26 Å². The minimum Gasteiger partial charge on any atom is -0.481 e. The van der Waals surface area contributed by atoms with Gasteiger partial charge in [0.15, 0.2) is 0 Å². The van der Waals surface area contributed by atoms with E-state index < -0.39 is 5.97 Å². The van der Waals surface area contributed by atoms with Crippen molar-refractivity contribution in [2.45, 2.75) is 38.6 Å². The summed E-state index contributed by atoms with van der Waals surface area (Å²) in [5, 5.41) is 9.30. The molecule has 17 heavy (non-hydrogen) atoms. The van der Waals surface area contributed by atoms with Gasteiger partial charge >= 0.3 is 5.97 Å². The first-order valence-corrected chi connectivity index (χ1v) is 6.13. The third-order valence-corrected chi connectivity index (χ3v) is 3.43. The molecule has 2 heterocycles. The van der Waals surface area contributed by atoms with Crippen molar-refractivity contribution in [3.63, 3.8) is 0 Å². The number of hydrogen-bond donors (Lipinski definition) is 1. The van der Waals surface area contributed by atoms with E-state index in [0.29, 0.717) is 6.01 Å². The van der Waals surface area contributed by atoms with E-state index in [1.807, 2.05) is 11.8 Å². The van der Waals surface area contributed by atoms with Gasteiger partial charge in [0.25, 0.3) is 6.01 Å². The predicted octanol–water partition coefficient (Wildman–Crippen LogP) is 2.14. The molecule has 1 saturated heterocycles. The molecule has 0 bridgehead atoms. The standard InChI is InChI=1S/C12H18N2O3/c1-2-10-9(11(15)16)5-3-4-7-14(10)12-13-6-8-17-12/h6,8-10H,2-5,7H2,1H3,(H,15,16)/t9-,10+/m0/s1. The fraction of sp³-hybridized carbons (Fsp3) is 0.667. The molecular weight excluding hydrogens is 220 g/mol. The van der Waals surface area contributed by atoms with Crippen LogP contribution in [0.25, 0.3) is 0 Å². The van der Waals surface area contributed by atoms with Crippen LogP contribution in [-0.2, 0) is 4.79 Å². The Bertz CT molecular complexity index is 364. The Morgan fingerprint density at radius 1 is 1.65 bits per heavy atom. The van der Waals surface area contributed by atoms with Gasteiger partial charge in [-0.15, -0.1) is 0 Å². The lowest BCUT2D eigenvalue weighted by Crippen LogP contribution is -2.42. The van der Waals surface area contributed by atoms with Gasteiger partial charge in [-0.1, -0.05) is 13.3 Å². The first-order valence-electron chi connectivity index (χ1n) is 6.13. The maximum Gasteiger partial charge on any atom is 0.308 e. The fourth-order valence-corrected chi connectivity index (χ4v) is 2.61. The lowest BCUT2D eigenvalue weighted by molar-refractivity contribution is -0.142. The third-order valence-electron chi connectivity index (χ3n) is 3.43. The molecule has 0 radical (unpaired) electrons. The molecule has 0 saturated carbocycles. The average molecular weight is 238 g/mol. The highest BCUT2D eigenvalue weighted by atomic mass is 16.4. The Balaban J connectivity index is 2.25. The quantitative estimate of drug-likeness (QED) is 0.873. The number of aromatic nitrogens is 1. The van der Waals surface area contributed by atoms with E-state index in [2.05, 4.69) is 4.98 Å². The summed E-state index contributed by atoms with van der Waals surface area (Å²) >= 11 is 0. The van der Waals surface area contributed by atoms with E-state index in [0.717, 1.165) is 32.2 Å². The molecule has 2 rings (SSSR count). The predicted molar refractivity (Wildman–Crippen MR) is 62.9 cm³/mol. The summed E-state index contributed by atoms with van der Waals surface area (Å²) in [6.07, 6.45) is 6.60. The number of carbonyl (C=O) groups is 1. The maximum atomic E-state index is 11.3. The lowest BCUT2D eigenvalue weighted by atomic mass is 9.93. The van der Waals surface area contributed by atoms with Gasteiger partial charge in [-0.25, -0.2) is 4.98 Å². The molecule has 0 spiro atoms. The molecule has 1 aromatic heterocycles. The number of carboxylic acids is 1. The van der Waals surface area contributed by atoms with Crippen molar-refractivity contribution in [2.75, 3.05) is 11.4 Å². The fourth-order valence-electron chi connectivity index (χ4n) is 2.61. The first kappa shape index (κ1) is 12.0. The number of anilines is 1. The van der Waals surface area contributed by atoms with Crippen molar-refractivity contribution < 1.29 is 14.3 Å². The summed E-state index contributed by atoms with van der Waals surface area (Å²) in [7, 11) is 0. The molecule has 0 amide bonds. The zero-order chi connectivity index (χ0) is 12.3. The Morgan fingerprint density at radius 3 is 3.06 bits per heavy atom. The molecule has 2 atom stereocenters. The largest absolute Gasteiger partial charge is 0.481 e. The van der Waals surface area contributed by atoms with Crippen molar-refractivity contribution >= 4 is 12.0 Å². The lowest BCUT2D eigenvalue weighted by Gasteiger charge is -2.31. The Kier molecular flexibility index (Phi) is 3.66. The molecule has 1 N–H and O–H groups in total. The molecular formula is C12H18N2O3. The first-order chi connectivity index (χ1) is 8.24. The van der Waals surface area contributed by atoms with Gasteiger partial charge in [-0.05, 0) is 19.3 Å². The smallest absolute Gasteiger partial charge is 0.308 e. The number of aliphatic carboxylic acids is 1. The number of oxazole rings is 1. The van der Waals surface area contributed by atoms with Crippen molar-refractivity contribution in [3.8, 4) is 0 Å². The molecule has 1 aliphatic heterocycles. The monoisotopic (exact) mass is 238 g/mol. The van der Waals surface area contributed by atoms with Crippen LogP contribution in [0, 0.1) is 5.92 Å². The SMILES string of the molecule is CC[C@@H]1[C@@H](C(=O)O)CCCCN1c1ncco1. The van der Waals surface area contributed by atoms with E-state index in [1.54, 1.807) is 6.20 Å².